The number of nitrogens with zero attached hydrogens (tertiary/aromatic N) is 1. The Bertz CT molecular complexity index is 320. The van der Waals surface area contributed by atoms with Crippen molar-refractivity contribution < 1.29 is 9.53 Å². The van der Waals surface area contributed by atoms with E-state index >= 15 is 0 Å². The van der Waals surface area contributed by atoms with Crippen molar-refractivity contribution in [1.29, 1.82) is 0 Å². The number of anilines is 1. The van der Waals surface area contributed by atoms with Gasteiger partial charge in [0.15, 0.2) is 5.82 Å². The van der Waals surface area contributed by atoms with Gasteiger partial charge in [0.05, 0.1) is 0 Å². The van der Waals surface area contributed by atoms with Crippen LogP contribution in [0.3, 0.4) is 0 Å². The van der Waals surface area contributed by atoms with Crippen molar-refractivity contribution in [2.45, 2.75) is 26.7 Å². The number of rotatable bonds is 5. The maximum atomic E-state index is 11.3. The van der Waals surface area contributed by atoms with Crippen LogP contribution in [0.4, 0.5) is 5.82 Å². The third kappa shape index (κ3) is 3.71. The molecule has 0 aliphatic heterocycles. The summed E-state index contributed by atoms with van der Waals surface area (Å²) in [5.74, 6) is 0.733. The molecule has 1 aromatic rings. The standard InChI is InChI=1S/C10H17N3O2/c1-4-15-6-10(14)11-9-5-8(7(2)3)12-13-9/h5,7H,4,6H2,1-3H3,(H2,11,12,13,14). The first-order valence-electron chi connectivity index (χ1n) is 5.06. The highest BCUT2D eigenvalue weighted by Gasteiger charge is 2.07. The molecule has 0 radical (unpaired) electrons. The molecule has 15 heavy (non-hydrogen) atoms. The Labute approximate surface area is 89.2 Å². The minimum Gasteiger partial charge on any atom is -0.372 e. The van der Waals surface area contributed by atoms with E-state index in [1.165, 1.54) is 0 Å². The van der Waals surface area contributed by atoms with Gasteiger partial charge >= 0.3 is 0 Å². The van der Waals surface area contributed by atoms with E-state index in [2.05, 4.69) is 29.4 Å². The highest BCUT2D eigenvalue weighted by molar-refractivity contribution is 5.90. The van der Waals surface area contributed by atoms with E-state index in [-0.39, 0.29) is 12.5 Å². The largest absolute Gasteiger partial charge is 0.372 e. The number of H-pyrrole nitrogens is 1. The molecule has 0 aliphatic rings. The van der Waals surface area contributed by atoms with E-state index in [1.54, 1.807) is 0 Å². The Balaban J connectivity index is 2.46. The number of hydrogen-bond donors (Lipinski definition) is 2. The van der Waals surface area contributed by atoms with Crippen molar-refractivity contribution in [3.63, 3.8) is 0 Å². The van der Waals surface area contributed by atoms with Gasteiger partial charge in [-0.2, -0.15) is 5.10 Å². The summed E-state index contributed by atoms with van der Waals surface area (Å²) in [7, 11) is 0. The van der Waals surface area contributed by atoms with Gasteiger partial charge in [0.1, 0.15) is 6.61 Å². The zero-order valence-corrected chi connectivity index (χ0v) is 9.33. The normalized spacial score (nSPS) is 10.7. The summed E-state index contributed by atoms with van der Waals surface area (Å²) in [6.07, 6.45) is 0. The first kappa shape index (κ1) is 11.7. The van der Waals surface area contributed by atoms with Crippen LogP contribution in [0.2, 0.25) is 0 Å². The van der Waals surface area contributed by atoms with Crippen LogP contribution in [-0.2, 0) is 9.53 Å². The fourth-order valence-electron chi connectivity index (χ4n) is 1.07. The fraction of sp³-hybridized carbons (Fsp3) is 0.600. The molecule has 0 aliphatic carbocycles. The van der Waals surface area contributed by atoms with E-state index in [1.807, 2.05) is 13.0 Å². The van der Waals surface area contributed by atoms with Gasteiger partial charge < -0.3 is 10.1 Å². The van der Waals surface area contributed by atoms with Crippen LogP contribution in [0.15, 0.2) is 6.07 Å². The van der Waals surface area contributed by atoms with Crippen molar-refractivity contribution in [2.75, 3.05) is 18.5 Å². The van der Waals surface area contributed by atoms with Crippen LogP contribution in [0.25, 0.3) is 0 Å². The van der Waals surface area contributed by atoms with Gasteiger partial charge in [-0.3, -0.25) is 9.89 Å². The van der Waals surface area contributed by atoms with Gasteiger partial charge in [0.25, 0.3) is 5.91 Å². The summed E-state index contributed by atoms with van der Waals surface area (Å²) < 4.78 is 4.97. The first-order chi connectivity index (χ1) is 7.13. The predicted octanol–water partition coefficient (Wildman–Crippen LogP) is 1.51. The molecular weight excluding hydrogens is 194 g/mol. The summed E-state index contributed by atoms with van der Waals surface area (Å²) in [5.41, 5.74) is 1.00. The number of nitrogens with one attached hydrogen (secondary N) is 2. The van der Waals surface area contributed by atoms with Gasteiger partial charge in [0, 0.05) is 18.4 Å². The molecule has 1 rings (SSSR count). The van der Waals surface area contributed by atoms with Crippen LogP contribution in [0.1, 0.15) is 32.4 Å². The van der Waals surface area contributed by atoms with Gasteiger partial charge in [-0.25, -0.2) is 0 Å². The lowest BCUT2D eigenvalue weighted by Crippen LogP contribution is -2.18. The highest BCUT2D eigenvalue weighted by Crippen LogP contribution is 2.14. The predicted molar refractivity (Wildman–Crippen MR) is 57.8 cm³/mol. The summed E-state index contributed by atoms with van der Waals surface area (Å²) in [5, 5.41) is 9.48. The van der Waals surface area contributed by atoms with E-state index in [0.29, 0.717) is 18.3 Å². The van der Waals surface area contributed by atoms with Crippen LogP contribution in [0.5, 0.6) is 0 Å². The first-order valence-corrected chi connectivity index (χ1v) is 5.06. The number of carbonyl (C=O) groups is 1. The molecule has 0 saturated heterocycles. The molecule has 1 heterocycles. The molecule has 5 nitrogen and oxygen atoms in total. The van der Waals surface area contributed by atoms with Crippen LogP contribution >= 0.6 is 0 Å². The number of hydrogen-bond acceptors (Lipinski definition) is 3. The maximum Gasteiger partial charge on any atom is 0.251 e. The molecular formula is C10H17N3O2. The van der Waals surface area contributed by atoms with E-state index in [9.17, 15) is 4.79 Å². The molecule has 0 fully saturated rings. The minimum absolute atomic E-state index is 0.0698. The quantitative estimate of drug-likeness (QED) is 0.775. The smallest absolute Gasteiger partial charge is 0.251 e. The fourth-order valence-corrected chi connectivity index (χ4v) is 1.07. The Morgan fingerprint density at radius 2 is 2.40 bits per heavy atom. The molecule has 0 spiro atoms. The average molecular weight is 211 g/mol. The summed E-state index contributed by atoms with van der Waals surface area (Å²) in [6.45, 7) is 6.56. The van der Waals surface area contributed by atoms with E-state index < -0.39 is 0 Å². The number of aromatic nitrogens is 2. The molecule has 1 aromatic heterocycles. The van der Waals surface area contributed by atoms with Crippen molar-refractivity contribution in [2.24, 2.45) is 0 Å². The van der Waals surface area contributed by atoms with Crippen LogP contribution in [-0.4, -0.2) is 29.3 Å². The Morgan fingerprint density at radius 3 is 2.93 bits per heavy atom. The van der Waals surface area contributed by atoms with E-state index in [4.69, 9.17) is 4.74 Å². The zero-order chi connectivity index (χ0) is 11.3. The van der Waals surface area contributed by atoms with Gasteiger partial charge in [-0.1, -0.05) is 13.8 Å². The number of aromatic amines is 1. The molecule has 5 heteroatoms. The SMILES string of the molecule is CCOCC(=O)Nc1cc(C(C)C)[nH]n1. The molecule has 1 amide bonds. The second-order valence-electron chi connectivity index (χ2n) is 3.55. The third-order valence-corrected chi connectivity index (χ3v) is 1.92. The number of amides is 1. The lowest BCUT2D eigenvalue weighted by molar-refractivity contribution is -0.120. The highest BCUT2D eigenvalue weighted by atomic mass is 16.5. The van der Waals surface area contributed by atoms with Gasteiger partial charge in [0.2, 0.25) is 0 Å². The summed E-state index contributed by atoms with van der Waals surface area (Å²) in [6, 6.07) is 1.83. The van der Waals surface area contributed by atoms with E-state index in [0.717, 1.165) is 5.69 Å². The van der Waals surface area contributed by atoms with Crippen LogP contribution < -0.4 is 5.32 Å². The second kappa shape index (κ2) is 5.50. The average Bonchev–Trinajstić information content (AvgIpc) is 2.63. The van der Waals surface area contributed by atoms with Crippen LogP contribution in [0, 0.1) is 0 Å². The maximum absolute atomic E-state index is 11.3. The monoisotopic (exact) mass is 211 g/mol. The Hall–Kier alpha value is -1.36. The zero-order valence-electron chi connectivity index (χ0n) is 9.33. The Morgan fingerprint density at radius 1 is 1.67 bits per heavy atom. The van der Waals surface area contributed by atoms with Gasteiger partial charge in [-0.15, -0.1) is 0 Å². The topological polar surface area (TPSA) is 67.0 Å². The molecule has 0 saturated carbocycles. The molecule has 0 bridgehead atoms. The summed E-state index contributed by atoms with van der Waals surface area (Å²) >= 11 is 0. The molecule has 2 N–H and O–H groups in total. The second-order valence-corrected chi connectivity index (χ2v) is 3.55. The number of ether oxygens (including phenoxy) is 1. The van der Waals surface area contributed by atoms with Gasteiger partial charge in [-0.05, 0) is 12.8 Å². The van der Waals surface area contributed by atoms with Crippen molar-refractivity contribution >= 4 is 11.7 Å². The minimum atomic E-state index is -0.182. The molecule has 0 atom stereocenters. The Kier molecular flexibility index (Phi) is 4.30. The molecule has 0 aromatic carbocycles. The molecule has 0 unspecified atom stereocenters. The van der Waals surface area contributed by atoms with Crippen molar-refractivity contribution in [1.82, 2.24) is 10.2 Å². The molecule has 84 valence electrons. The van der Waals surface area contributed by atoms with Crippen molar-refractivity contribution in [3.05, 3.63) is 11.8 Å². The third-order valence-electron chi connectivity index (χ3n) is 1.92. The van der Waals surface area contributed by atoms with Crippen molar-refractivity contribution in [3.8, 4) is 0 Å². The number of carbonyl (C=O) groups excluding carboxylic acids is 1. The lowest BCUT2D eigenvalue weighted by Gasteiger charge is -2.00. The lowest BCUT2D eigenvalue weighted by atomic mass is 10.1. The summed E-state index contributed by atoms with van der Waals surface area (Å²) in [4.78, 5) is 11.3.